The predicted molar refractivity (Wildman–Crippen MR) is 128 cm³/mol. The summed E-state index contributed by atoms with van der Waals surface area (Å²) in [6, 6.07) is 0. The number of rotatable bonds is 7. The minimum atomic E-state index is -0.809. The van der Waals surface area contributed by atoms with E-state index in [9.17, 15) is 14.9 Å². The van der Waals surface area contributed by atoms with Gasteiger partial charge in [-0.2, -0.15) is 0 Å². The highest BCUT2D eigenvalue weighted by Crippen LogP contribution is 2.65. The van der Waals surface area contributed by atoms with Crippen molar-refractivity contribution in [3.63, 3.8) is 0 Å². The van der Waals surface area contributed by atoms with Gasteiger partial charge in [0.05, 0.1) is 23.6 Å². The van der Waals surface area contributed by atoms with Crippen molar-refractivity contribution < 1.29 is 19.1 Å². The second-order valence-corrected chi connectivity index (χ2v) is 11.1. The Balaban J connectivity index is 1.37. The normalized spacial score (nSPS) is 32.4. The Morgan fingerprint density at radius 2 is 2.06 bits per heavy atom. The fourth-order valence-corrected chi connectivity index (χ4v) is 6.15. The van der Waals surface area contributed by atoms with Crippen LogP contribution in [0.3, 0.4) is 0 Å². The molecule has 34 heavy (non-hydrogen) atoms. The number of hydrogen-bond donors (Lipinski definition) is 4. The summed E-state index contributed by atoms with van der Waals surface area (Å²) in [7, 11) is -0.480. The molecule has 0 unspecified atom stereocenters. The van der Waals surface area contributed by atoms with Crippen molar-refractivity contribution in [2.75, 3.05) is 0 Å². The predicted octanol–water partition coefficient (Wildman–Crippen LogP) is 2.51. The Morgan fingerprint density at radius 1 is 1.32 bits per heavy atom. The van der Waals surface area contributed by atoms with E-state index in [1.54, 1.807) is 23.7 Å². The van der Waals surface area contributed by atoms with Crippen molar-refractivity contribution in [1.82, 2.24) is 16.1 Å². The summed E-state index contributed by atoms with van der Waals surface area (Å²) in [5.41, 5.74) is 2.18. The Bertz CT molecular complexity index is 921. The Hall–Kier alpha value is -2.40. The number of amides is 1. The summed E-state index contributed by atoms with van der Waals surface area (Å²) in [5.74, 6) is 1.14. The summed E-state index contributed by atoms with van der Waals surface area (Å²) in [5, 5.41) is 22.9. The lowest BCUT2D eigenvalue weighted by atomic mass is 9.43. The van der Waals surface area contributed by atoms with E-state index in [4.69, 9.17) is 14.7 Å². The van der Waals surface area contributed by atoms with Gasteiger partial charge in [-0.05, 0) is 61.9 Å². The first-order chi connectivity index (χ1) is 15.9. The number of carbonyl (C=O) groups excluding carboxylic acids is 1. The van der Waals surface area contributed by atoms with Crippen molar-refractivity contribution in [2.24, 2.45) is 23.2 Å². The van der Waals surface area contributed by atoms with Gasteiger partial charge in [0.15, 0.2) is 5.03 Å². The highest BCUT2D eigenvalue weighted by molar-refractivity contribution is 6.48. The molecular formula is C23H35BN5O5. The van der Waals surface area contributed by atoms with Gasteiger partial charge in [0.1, 0.15) is 0 Å². The van der Waals surface area contributed by atoms with Crippen LogP contribution in [0.2, 0.25) is 0 Å². The molecule has 1 amide bonds. The Kier molecular flexibility index (Phi) is 6.54. The van der Waals surface area contributed by atoms with Crippen LogP contribution < -0.4 is 16.1 Å². The number of allylic oxidation sites excluding steroid dienone is 2. The van der Waals surface area contributed by atoms with Gasteiger partial charge in [0.25, 0.3) is 5.96 Å². The highest BCUT2D eigenvalue weighted by Gasteiger charge is 2.68. The van der Waals surface area contributed by atoms with Crippen molar-refractivity contribution in [1.29, 1.82) is 5.41 Å². The molecule has 5 aliphatic rings. The van der Waals surface area contributed by atoms with Crippen LogP contribution in [0.5, 0.6) is 0 Å². The number of nitrogens with zero attached hydrogens (tertiary/aromatic N) is 1. The van der Waals surface area contributed by atoms with Gasteiger partial charge < -0.3 is 19.9 Å². The number of guanidine groups is 1. The lowest BCUT2D eigenvalue weighted by Gasteiger charge is -2.64. The summed E-state index contributed by atoms with van der Waals surface area (Å²) >= 11 is 0. The van der Waals surface area contributed by atoms with Gasteiger partial charge in [-0.15, -0.1) is 0 Å². The Labute approximate surface area is 201 Å². The molecule has 2 bridgehead atoms. The van der Waals surface area contributed by atoms with Crippen LogP contribution >= 0.6 is 0 Å². The quantitative estimate of drug-likeness (QED) is 0.147. The molecule has 4 aliphatic carbocycles. The molecule has 3 saturated carbocycles. The zero-order valence-electron chi connectivity index (χ0n) is 20.5. The minimum absolute atomic E-state index is 0.0581. The maximum absolute atomic E-state index is 13.1. The third kappa shape index (κ3) is 4.60. The van der Waals surface area contributed by atoms with Gasteiger partial charge in [-0.1, -0.05) is 45.3 Å². The summed E-state index contributed by atoms with van der Waals surface area (Å²) in [6.07, 6.45) is 8.32. The third-order valence-electron chi connectivity index (χ3n) is 8.11. The molecule has 11 heteroatoms. The lowest BCUT2D eigenvalue weighted by Crippen LogP contribution is -2.65. The van der Waals surface area contributed by atoms with E-state index >= 15 is 0 Å². The fourth-order valence-electron chi connectivity index (χ4n) is 6.15. The van der Waals surface area contributed by atoms with E-state index in [0.29, 0.717) is 35.8 Å². The molecule has 4 N–H and O–H groups in total. The fraction of sp³-hybridized carbons (Fsp3) is 0.696. The van der Waals surface area contributed by atoms with Gasteiger partial charge >= 0.3 is 7.12 Å². The molecule has 5 rings (SSSR count). The molecule has 0 spiro atoms. The summed E-state index contributed by atoms with van der Waals surface area (Å²) in [6.45, 7) is 11.1. The van der Waals surface area contributed by atoms with Crippen LogP contribution in [0.25, 0.3) is 0 Å². The topological polar surface area (TPSA) is 139 Å². The van der Waals surface area contributed by atoms with Crippen LogP contribution in [0.1, 0.15) is 60.3 Å². The average molecular weight is 472 g/mol. The van der Waals surface area contributed by atoms with Gasteiger partial charge in [0, 0.05) is 5.70 Å². The molecular weight excluding hydrogens is 437 g/mol. The van der Waals surface area contributed by atoms with E-state index < -0.39 is 18.1 Å². The van der Waals surface area contributed by atoms with Gasteiger partial charge in [-0.3, -0.25) is 10.2 Å². The molecule has 0 aromatic rings. The van der Waals surface area contributed by atoms with Gasteiger partial charge in [0.2, 0.25) is 5.91 Å². The van der Waals surface area contributed by atoms with Gasteiger partial charge in [-0.25, -0.2) is 10.1 Å². The standard InChI is InChI=1S/C23H35BN5O5/c1-13(2)10-19(24-33-18-12-15-11-17(22(15,3)4)23(18,5)34-24)27-20(30)14-6-8-16(9-7-14)26-21(25)28-29(31)32/h6,8-9,13,15,17-19H,7,10-12H2,1-5H3,(H,27,30)(H3,25,26,28)/t15-,17-,18+,19-,23-/m0/s1. The van der Waals surface area contributed by atoms with E-state index in [0.717, 1.165) is 12.8 Å². The molecule has 1 heterocycles. The van der Waals surface area contributed by atoms with E-state index in [1.165, 1.54) is 6.42 Å². The number of hydrazine groups is 1. The Morgan fingerprint density at radius 3 is 2.65 bits per heavy atom. The van der Waals surface area contributed by atoms with E-state index in [1.807, 2.05) is 0 Å². The second-order valence-electron chi connectivity index (χ2n) is 11.1. The monoisotopic (exact) mass is 472 g/mol. The van der Waals surface area contributed by atoms with Crippen LogP contribution in [0.4, 0.5) is 0 Å². The van der Waals surface area contributed by atoms with E-state index in [-0.39, 0.29) is 29.0 Å². The maximum Gasteiger partial charge on any atom is 0.481 e. The smallest absolute Gasteiger partial charge is 0.404 e. The first-order valence-electron chi connectivity index (χ1n) is 12.0. The third-order valence-corrected chi connectivity index (χ3v) is 8.11. The first kappa shape index (κ1) is 24.7. The molecule has 1 saturated heterocycles. The first-order valence-corrected chi connectivity index (χ1v) is 12.0. The molecule has 4 fully saturated rings. The van der Waals surface area contributed by atoms with Crippen LogP contribution in [0.15, 0.2) is 23.9 Å². The van der Waals surface area contributed by atoms with Crippen molar-refractivity contribution >= 4 is 19.0 Å². The molecule has 1 aliphatic heterocycles. The largest absolute Gasteiger partial charge is 0.481 e. The van der Waals surface area contributed by atoms with Crippen LogP contribution in [-0.4, -0.2) is 41.7 Å². The maximum atomic E-state index is 13.1. The minimum Gasteiger partial charge on any atom is -0.404 e. The summed E-state index contributed by atoms with van der Waals surface area (Å²) in [4.78, 5) is 23.5. The SMILES string of the molecule is CC(C)C[C@H](NC(=O)[C]1C=CC(NC(=N)N[N+](=O)[O-])=CC1)B1O[C@@H]2C[C@@H]3C[C@@H](C3(C)C)[C@]2(C)O1. The van der Waals surface area contributed by atoms with Crippen LogP contribution in [0, 0.1) is 44.6 Å². The molecule has 5 atom stereocenters. The molecule has 10 nitrogen and oxygen atoms in total. The molecule has 0 aromatic carbocycles. The zero-order chi connectivity index (χ0) is 24.8. The molecule has 185 valence electrons. The number of carbonyl (C=O) groups is 1. The number of nitro groups is 1. The summed E-state index contributed by atoms with van der Waals surface area (Å²) < 4.78 is 13.0. The second kappa shape index (κ2) is 9.00. The van der Waals surface area contributed by atoms with Crippen molar-refractivity contribution in [3.05, 3.63) is 40.0 Å². The molecule has 0 aromatic heterocycles. The average Bonchev–Trinajstić information content (AvgIpc) is 3.09. The molecule has 1 radical (unpaired) electrons. The van der Waals surface area contributed by atoms with Crippen molar-refractivity contribution in [3.8, 4) is 0 Å². The lowest BCUT2D eigenvalue weighted by molar-refractivity contribution is -0.525. The zero-order valence-corrected chi connectivity index (χ0v) is 20.5. The van der Waals surface area contributed by atoms with Crippen molar-refractivity contribution in [2.45, 2.75) is 77.9 Å². The highest BCUT2D eigenvalue weighted by atomic mass is 16.7. The van der Waals surface area contributed by atoms with E-state index in [2.05, 4.69) is 45.3 Å². The number of nitrogens with one attached hydrogen (secondary N) is 4. The van der Waals surface area contributed by atoms with Crippen LogP contribution in [-0.2, 0) is 14.1 Å². The number of hydrogen-bond acceptors (Lipinski definition) is 6.